The van der Waals surface area contributed by atoms with Crippen molar-refractivity contribution in [1.82, 2.24) is 24.1 Å². The van der Waals surface area contributed by atoms with E-state index in [1.165, 1.54) is 0 Å². The Hall–Kier alpha value is -9.79. The monoisotopic (exact) mass is 909 g/mol. The minimum absolute atomic E-state index is 0.517. The second kappa shape index (κ2) is 14.4. The van der Waals surface area contributed by atoms with Gasteiger partial charge in [-0.05, 0) is 114 Å². The van der Waals surface area contributed by atoms with Gasteiger partial charge in [0.15, 0.2) is 11.6 Å². The molecule has 8 heteroatoms. The third-order valence-corrected chi connectivity index (χ3v) is 14.4. The molecule has 6 heterocycles. The van der Waals surface area contributed by atoms with E-state index in [0.717, 1.165) is 137 Å². The summed E-state index contributed by atoms with van der Waals surface area (Å²) in [5.74, 6) is 1.62. The Bertz CT molecular complexity index is 4780. The predicted octanol–water partition coefficient (Wildman–Crippen LogP) is 16.8. The van der Waals surface area contributed by atoms with Crippen molar-refractivity contribution in [2.45, 2.75) is 0 Å². The van der Waals surface area contributed by atoms with Crippen molar-refractivity contribution in [3.8, 4) is 45.5 Å². The number of para-hydroxylation sites is 5. The molecule has 8 nitrogen and oxygen atoms in total. The number of hydrogen-bond acceptors (Lipinski definition) is 6. The molecule has 0 atom stereocenters. The van der Waals surface area contributed by atoms with E-state index < -0.39 is 0 Å². The van der Waals surface area contributed by atoms with Gasteiger partial charge >= 0.3 is 0 Å². The van der Waals surface area contributed by atoms with Crippen LogP contribution in [0.3, 0.4) is 0 Å². The highest BCUT2D eigenvalue weighted by Crippen LogP contribution is 2.42. The average Bonchev–Trinajstić information content (AvgIpc) is 4.24. The van der Waals surface area contributed by atoms with Crippen LogP contribution >= 0.6 is 0 Å². The molecule has 0 radical (unpaired) electrons. The Morgan fingerprint density at radius 3 is 1.20 bits per heavy atom. The molecular formula is C63H35N5O3. The highest BCUT2D eigenvalue weighted by Gasteiger charge is 2.23. The fraction of sp³-hybridized carbons (Fsp3) is 0. The van der Waals surface area contributed by atoms with Gasteiger partial charge in [-0.15, -0.1) is 0 Å². The molecular weight excluding hydrogens is 875 g/mol. The van der Waals surface area contributed by atoms with Crippen LogP contribution in [0, 0.1) is 0 Å². The number of rotatable bonds is 5. The number of fused-ring (bicyclic) bond motifs is 15. The van der Waals surface area contributed by atoms with Crippen LogP contribution in [0.4, 0.5) is 0 Å². The van der Waals surface area contributed by atoms with Crippen molar-refractivity contribution in [1.29, 1.82) is 0 Å². The van der Waals surface area contributed by atoms with Gasteiger partial charge in [-0.25, -0.2) is 4.98 Å². The molecule has 71 heavy (non-hydrogen) atoms. The van der Waals surface area contributed by atoms with Gasteiger partial charge < -0.3 is 17.8 Å². The summed E-state index contributed by atoms with van der Waals surface area (Å²) in [5, 5.41) is 10.8. The van der Waals surface area contributed by atoms with E-state index in [4.69, 9.17) is 28.2 Å². The molecule has 16 rings (SSSR count). The van der Waals surface area contributed by atoms with E-state index in [0.29, 0.717) is 17.6 Å². The van der Waals surface area contributed by atoms with Gasteiger partial charge in [0, 0.05) is 70.7 Å². The van der Waals surface area contributed by atoms with Gasteiger partial charge in [-0.1, -0.05) is 109 Å². The van der Waals surface area contributed by atoms with Gasteiger partial charge in [-0.3, -0.25) is 4.57 Å². The molecule has 0 N–H and O–H groups in total. The minimum Gasteiger partial charge on any atom is -0.456 e. The van der Waals surface area contributed by atoms with E-state index in [-0.39, 0.29) is 0 Å². The van der Waals surface area contributed by atoms with Crippen LogP contribution < -0.4 is 0 Å². The Labute approximate surface area is 402 Å². The topological polar surface area (TPSA) is 88.0 Å². The standard InChI is InChI=1S/C63H35N5O3/c1-6-19-51-41(14-1)46-35-54-47(34-53(46)67(51)40-13-11-12-36(30-40)37-24-27-58-48(31-37)43-16-3-8-21-55(43)69-58)42-15-2-7-20-52(42)68(54)63-65-61(38-25-28-59-49(32-38)44-17-4-9-22-56(44)70-59)64-62(66-63)39-26-29-60-50(33-39)45-18-5-10-23-57(45)71-60/h1-35H. The van der Waals surface area contributed by atoms with Gasteiger partial charge in [0.05, 0.1) is 22.1 Å². The summed E-state index contributed by atoms with van der Waals surface area (Å²) in [6.07, 6.45) is 0. The molecule has 0 saturated carbocycles. The molecule has 0 fully saturated rings. The predicted molar refractivity (Wildman–Crippen MR) is 287 cm³/mol. The first-order valence-electron chi connectivity index (χ1n) is 23.7. The van der Waals surface area contributed by atoms with Crippen molar-refractivity contribution >= 4 is 109 Å². The van der Waals surface area contributed by atoms with Crippen LogP contribution in [0.5, 0.6) is 0 Å². The smallest absolute Gasteiger partial charge is 0.238 e. The summed E-state index contributed by atoms with van der Waals surface area (Å²) >= 11 is 0. The molecule has 0 saturated heterocycles. The lowest BCUT2D eigenvalue weighted by Gasteiger charge is -2.12. The number of furan rings is 3. The van der Waals surface area contributed by atoms with E-state index >= 15 is 0 Å². The maximum absolute atomic E-state index is 6.26. The lowest BCUT2D eigenvalue weighted by atomic mass is 10.0. The van der Waals surface area contributed by atoms with Crippen LogP contribution in [0.2, 0.25) is 0 Å². The largest absolute Gasteiger partial charge is 0.456 e. The first-order chi connectivity index (χ1) is 35.1. The van der Waals surface area contributed by atoms with Crippen molar-refractivity contribution < 1.29 is 13.3 Å². The summed E-state index contributed by atoms with van der Waals surface area (Å²) < 4.78 is 23.3. The van der Waals surface area contributed by atoms with E-state index in [9.17, 15) is 0 Å². The summed E-state index contributed by atoms with van der Waals surface area (Å²) in [6, 6.07) is 74.1. The molecule has 0 amide bonds. The SMILES string of the molecule is c1cc(-c2ccc3oc4ccccc4c3c2)cc(-n2c3ccccc3c3cc4c(cc32)c2ccccc2n4-c2nc(-c3ccc4oc5ccccc5c4c3)nc(-c3ccc4oc5ccccc5c4c3)n2)c1. The molecule has 16 aromatic rings. The third kappa shape index (κ3) is 5.64. The zero-order chi connectivity index (χ0) is 46.3. The molecule has 0 aliphatic carbocycles. The quantitative estimate of drug-likeness (QED) is 0.171. The highest BCUT2D eigenvalue weighted by molar-refractivity contribution is 6.19. The second-order valence-electron chi connectivity index (χ2n) is 18.4. The number of nitrogens with zero attached hydrogens (tertiary/aromatic N) is 5. The van der Waals surface area contributed by atoms with Crippen molar-refractivity contribution in [3.05, 3.63) is 212 Å². The molecule has 0 unspecified atom stereocenters. The number of benzene rings is 10. The number of hydrogen-bond donors (Lipinski definition) is 0. The molecule has 0 aliphatic heterocycles. The van der Waals surface area contributed by atoms with Gasteiger partial charge in [0.2, 0.25) is 5.95 Å². The lowest BCUT2D eigenvalue weighted by Crippen LogP contribution is -2.06. The fourth-order valence-electron chi connectivity index (χ4n) is 11.1. The minimum atomic E-state index is 0.517. The fourth-order valence-corrected chi connectivity index (χ4v) is 11.1. The zero-order valence-electron chi connectivity index (χ0n) is 37.7. The van der Waals surface area contributed by atoms with Crippen LogP contribution in [0.15, 0.2) is 226 Å². The van der Waals surface area contributed by atoms with Gasteiger partial charge in [0.1, 0.15) is 33.5 Å². The Balaban J connectivity index is 0.924. The Kier molecular flexibility index (Phi) is 7.73. The summed E-state index contributed by atoms with van der Waals surface area (Å²) in [5.41, 5.74) is 14.3. The van der Waals surface area contributed by atoms with Crippen LogP contribution in [-0.4, -0.2) is 24.1 Å². The molecule has 0 aliphatic rings. The third-order valence-electron chi connectivity index (χ3n) is 14.4. The van der Waals surface area contributed by atoms with Crippen LogP contribution in [0.1, 0.15) is 0 Å². The van der Waals surface area contributed by atoms with E-state index in [2.05, 4.69) is 149 Å². The van der Waals surface area contributed by atoms with Crippen molar-refractivity contribution in [3.63, 3.8) is 0 Å². The van der Waals surface area contributed by atoms with E-state index in [1.807, 2.05) is 72.8 Å². The summed E-state index contributed by atoms with van der Waals surface area (Å²) in [6.45, 7) is 0. The highest BCUT2D eigenvalue weighted by atomic mass is 16.3. The molecule has 6 aromatic heterocycles. The Morgan fingerprint density at radius 1 is 0.254 bits per heavy atom. The number of aromatic nitrogens is 5. The molecule has 330 valence electrons. The lowest BCUT2D eigenvalue weighted by molar-refractivity contribution is 0.668. The average molecular weight is 910 g/mol. The van der Waals surface area contributed by atoms with Crippen molar-refractivity contribution in [2.75, 3.05) is 0 Å². The molecule has 10 aromatic carbocycles. The molecule has 0 bridgehead atoms. The second-order valence-corrected chi connectivity index (χ2v) is 18.4. The maximum Gasteiger partial charge on any atom is 0.238 e. The normalized spacial score (nSPS) is 12.2. The maximum atomic E-state index is 6.26. The summed E-state index contributed by atoms with van der Waals surface area (Å²) in [4.78, 5) is 16.0. The van der Waals surface area contributed by atoms with Crippen LogP contribution in [-0.2, 0) is 0 Å². The van der Waals surface area contributed by atoms with Crippen LogP contribution in [0.25, 0.3) is 155 Å². The Morgan fingerprint density at radius 2 is 0.662 bits per heavy atom. The van der Waals surface area contributed by atoms with Crippen molar-refractivity contribution in [2.24, 2.45) is 0 Å². The van der Waals surface area contributed by atoms with Gasteiger partial charge in [-0.2, -0.15) is 9.97 Å². The first kappa shape index (κ1) is 38.2. The molecule has 0 spiro atoms. The first-order valence-corrected chi connectivity index (χ1v) is 23.7. The van der Waals surface area contributed by atoms with Gasteiger partial charge in [0.25, 0.3) is 0 Å². The summed E-state index contributed by atoms with van der Waals surface area (Å²) in [7, 11) is 0. The zero-order valence-corrected chi connectivity index (χ0v) is 37.7. The van der Waals surface area contributed by atoms with E-state index in [1.54, 1.807) is 0 Å².